The first-order valence-corrected chi connectivity index (χ1v) is 6.47. The van der Waals surface area contributed by atoms with E-state index in [0.29, 0.717) is 17.3 Å². The molecule has 18 heavy (non-hydrogen) atoms. The van der Waals surface area contributed by atoms with E-state index in [1.807, 2.05) is 19.9 Å². The fourth-order valence-corrected chi connectivity index (χ4v) is 2.54. The summed E-state index contributed by atoms with van der Waals surface area (Å²) in [5.41, 5.74) is 1.50. The van der Waals surface area contributed by atoms with E-state index in [0.717, 1.165) is 16.3 Å². The number of rotatable bonds is 4. The maximum absolute atomic E-state index is 13.7. The zero-order valence-electron chi connectivity index (χ0n) is 10.6. The summed E-state index contributed by atoms with van der Waals surface area (Å²) >= 11 is 1.35. The summed E-state index contributed by atoms with van der Waals surface area (Å²) in [5.74, 6) is 0.582. The standard InChI is InChI=1S/C13H15FN2OS/c1-8-9(2)17-13(16-8)18-12-6-4-5-11(14)10(12)7-15-3/h4-6,15H,7H2,1-3H3. The number of aryl methyl sites for hydroxylation is 2. The summed E-state index contributed by atoms with van der Waals surface area (Å²) in [6.07, 6.45) is 0. The zero-order valence-corrected chi connectivity index (χ0v) is 11.4. The minimum Gasteiger partial charge on any atom is -0.436 e. The number of halogens is 1. The van der Waals surface area contributed by atoms with Gasteiger partial charge < -0.3 is 9.73 Å². The molecular weight excluding hydrogens is 251 g/mol. The molecule has 0 radical (unpaired) electrons. The van der Waals surface area contributed by atoms with Gasteiger partial charge in [-0.3, -0.25) is 0 Å². The lowest BCUT2D eigenvalue weighted by Gasteiger charge is -2.07. The second-order valence-corrected chi connectivity index (χ2v) is 4.96. The van der Waals surface area contributed by atoms with Gasteiger partial charge >= 0.3 is 0 Å². The number of nitrogens with zero attached hydrogens (tertiary/aromatic N) is 1. The highest BCUT2D eigenvalue weighted by Crippen LogP contribution is 2.32. The SMILES string of the molecule is CNCc1c(F)cccc1Sc1nc(C)c(C)o1. The number of aromatic nitrogens is 1. The van der Waals surface area contributed by atoms with Gasteiger partial charge in [-0.1, -0.05) is 6.07 Å². The zero-order chi connectivity index (χ0) is 13.1. The summed E-state index contributed by atoms with van der Waals surface area (Å²) < 4.78 is 19.2. The summed E-state index contributed by atoms with van der Waals surface area (Å²) in [6.45, 7) is 4.24. The van der Waals surface area contributed by atoms with E-state index in [1.165, 1.54) is 17.8 Å². The molecule has 0 unspecified atom stereocenters. The Morgan fingerprint density at radius 2 is 2.17 bits per heavy atom. The van der Waals surface area contributed by atoms with Crippen molar-refractivity contribution in [3.8, 4) is 0 Å². The molecule has 2 aromatic rings. The topological polar surface area (TPSA) is 38.1 Å². The van der Waals surface area contributed by atoms with Crippen LogP contribution in [0.1, 0.15) is 17.0 Å². The smallest absolute Gasteiger partial charge is 0.261 e. The average molecular weight is 266 g/mol. The van der Waals surface area contributed by atoms with E-state index in [1.54, 1.807) is 13.1 Å². The second kappa shape index (κ2) is 5.54. The minimum atomic E-state index is -0.214. The van der Waals surface area contributed by atoms with E-state index in [9.17, 15) is 4.39 Å². The molecule has 0 amide bonds. The van der Waals surface area contributed by atoms with Crippen LogP contribution in [0.3, 0.4) is 0 Å². The van der Waals surface area contributed by atoms with Crippen LogP contribution in [0.4, 0.5) is 4.39 Å². The molecule has 1 heterocycles. The van der Waals surface area contributed by atoms with Crippen molar-refractivity contribution in [2.24, 2.45) is 0 Å². The Kier molecular flexibility index (Phi) is 4.04. The van der Waals surface area contributed by atoms with Crippen LogP contribution >= 0.6 is 11.8 Å². The third-order valence-corrected chi connectivity index (χ3v) is 3.59. The molecule has 96 valence electrons. The molecular formula is C13H15FN2OS. The Hall–Kier alpha value is -1.33. The van der Waals surface area contributed by atoms with Gasteiger partial charge in [0.1, 0.15) is 11.6 Å². The third-order valence-electron chi connectivity index (χ3n) is 2.64. The lowest BCUT2D eigenvalue weighted by atomic mass is 10.2. The predicted octanol–water partition coefficient (Wildman–Crippen LogP) is 3.30. The highest BCUT2D eigenvalue weighted by Gasteiger charge is 2.13. The molecule has 0 aliphatic rings. The summed E-state index contributed by atoms with van der Waals surface area (Å²) in [4.78, 5) is 5.11. The monoisotopic (exact) mass is 266 g/mol. The Balaban J connectivity index is 2.30. The van der Waals surface area contributed by atoms with Gasteiger partial charge in [-0.05, 0) is 44.8 Å². The van der Waals surface area contributed by atoms with Crippen molar-refractivity contribution < 1.29 is 8.81 Å². The van der Waals surface area contributed by atoms with Gasteiger partial charge in [0.15, 0.2) is 0 Å². The largest absolute Gasteiger partial charge is 0.436 e. The molecule has 0 spiro atoms. The van der Waals surface area contributed by atoms with Crippen molar-refractivity contribution in [3.05, 3.63) is 41.0 Å². The van der Waals surface area contributed by atoms with E-state index in [2.05, 4.69) is 10.3 Å². The summed E-state index contributed by atoms with van der Waals surface area (Å²) in [5, 5.41) is 3.51. The van der Waals surface area contributed by atoms with Gasteiger partial charge in [-0.25, -0.2) is 9.37 Å². The lowest BCUT2D eigenvalue weighted by Crippen LogP contribution is -2.08. The molecule has 5 heteroatoms. The van der Waals surface area contributed by atoms with Gasteiger partial charge in [0.05, 0.1) is 5.69 Å². The third kappa shape index (κ3) is 2.73. The van der Waals surface area contributed by atoms with E-state index < -0.39 is 0 Å². The van der Waals surface area contributed by atoms with Crippen molar-refractivity contribution in [2.45, 2.75) is 30.5 Å². The fraction of sp³-hybridized carbons (Fsp3) is 0.308. The molecule has 1 N–H and O–H groups in total. The highest BCUT2D eigenvalue weighted by molar-refractivity contribution is 7.99. The molecule has 0 saturated carbocycles. The van der Waals surface area contributed by atoms with Crippen LogP contribution in [0.5, 0.6) is 0 Å². The number of benzene rings is 1. The first-order valence-electron chi connectivity index (χ1n) is 5.65. The van der Waals surface area contributed by atoms with Gasteiger partial charge in [0.25, 0.3) is 5.22 Å². The Morgan fingerprint density at radius 1 is 1.39 bits per heavy atom. The van der Waals surface area contributed by atoms with Crippen molar-refractivity contribution in [3.63, 3.8) is 0 Å². The fourth-order valence-electron chi connectivity index (χ4n) is 1.56. The molecule has 1 aromatic carbocycles. The van der Waals surface area contributed by atoms with Gasteiger partial charge in [0, 0.05) is 17.0 Å². The van der Waals surface area contributed by atoms with E-state index in [-0.39, 0.29) is 5.82 Å². The first-order chi connectivity index (χ1) is 8.61. The van der Waals surface area contributed by atoms with Crippen molar-refractivity contribution >= 4 is 11.8 Å². The van der Waals surface area contributed by atoms with Crippen molar-refractivity contribution in [1.82, 2.24) is 10.3 Å². The molecule has 0 saturated heterocycles. The molecule has 0 fully saturated rings. The minimum absolute atomic E-state index is 0.214. The molecule has 0 aliphatic carbocycles. The van der Waals surface area contributed by atoms with Crippen molar-refractivity contribution in [1.29, 1.82) is 0 Å². The summed E-state index contributed by atoms with van der Waals surface area (Å²) in [6, 6.07) is 5.03. The van der Waals surface area contributed by atoms with Gasteiger partial charge in [-0.15, -0.1) is 0 Å². The Labute approximate surface area is 110 Å². The number of nitrogens with one attached hydrogen (secondary N) is 1. The summed E-state index contributed by atoms with van der Waals surface area (Å²) in [7, 11) is 1.79. The molecule has 1 aromatic heterocycles. The van der Waals surface area contributed by atoms with Crippen molar-refractivity contribution in [2.75, 3.05) is 7.05 Å². The number of hydrogen-bond donors (Lipinski definition) is 1. The van der Waals surface area contributed by atoms with Crippen LogP contribution in [-0.4, -0.2) is 12.0 Å². The van der Waals surface area contributed by atoms with Crippen LogP contribution in [0.2, 0.25) is 0 Å². The number of oxazole rings is 1. The van der Waals surface area contributed by atoms with E-state index in [4.69, 9.17) is 4.42 Å². The molecule has 3 nitrogen and oxygen atoms in total. The molecule has 0 aliphatic heterocycles. The lowest BCUT2D eigenvalue weighted by molar-refractivity contribution is 0.431. The van der Waals surface area contributed by atoms with Gasteiger partial charge in [-0.2, -0.15) is 0 Å². The second-order valence-electron chi connectivity index (χ2n) is 3.97. The normalized spacial score (nSPS) is 10.9. The quantitative estimate of drug-likeness (QED) is 0.921. The van der Waals surface area contributed by atoms with E-state index >= 15 is 0 Å². The predicted molar refractivity (Wildman–Crippen MR) is 69.3 cm³/mol. The average Bonchev–Trinajstić information content (AvgIpc) is 2.63. The Morgan fingerprint density at radius 3 is 2.78 bits per heavy atom. The van der Waals surface area contributed by atoms with Crippen LogP contribution in [0.15, 0.2) is 32.7 Å². The molecule has 2 rings (SSSR count). The molecule has 0 bridgehead atoms. The number of hydrogen-bond acceptors (Lipinski definition) is 4. The van der Waals surface area contributed by atoms with Crippen LogP contribution < -0.4 is 5.32 Å². The maximum Gasteiger partial charge on any atom is 0.261 e. The van der Waals surface area contributed by atoms with Gasteiger partial charge in [0.2, 0.25) is 0 Å². The Bertz CT molecular complexity index is 534. The molecule has 0 atom stereocenters. The maximum atomic E-state index is 13.7. The first kappa shape index (κ1) is 13.1. The highest BCUT2D eigenvalue weighted by atomic mass is 32.2. The van der Waals surface area contributed by atoms with Crippen LogP contribution in [0.25, 0.3) is 0 Å². The van der Waals surface area contributed by atoms with Crippen LogP contribution in [-0.2, 0) is 6.54 Å². The van der Waals surface area contributed by atoms with Crippen LogP contribution in [0, 0.1) is 19.7 Å².